The summed E-state index contributed by atoms with van der Waals surface area (Å²) in [7, 11) is 0. The smallest absolute Gasteiger partial charge is 0.315 e. The minimum atomic E-state index is -0.142. The molecule has 1 aliphatic rings. The van der Waals surface area contributed by atoms with Crippen molar-refractivity contribution in [3.8, 4) is 5.75 Å². The van der Waals surface area contributed by atoms with Crippen LogP contribution in [0.5, 0.6) is 5.75 Å². The molecule has 23 heavy (non-hydrogen) atoms. The first-order valence-corrected chi connectivity index (χ1v) is 9.12. The Morgan fingerprint density at radius 1 is 1.26 bits per heavy atom. The molecule has 2 atom stereocenters. The van der Waals surface area contributed by atoms with E-state index in [0.29, 0.717) is 12.2 Å². The van der Waals surface area contributed by atoms with Crippen LogP contribution in [0.15, 0.2) is 42.0 Å². The van der Waals surface area contributed by atoms with Crippen molar-refractivity contribution in [1.29, 1.82) is 0 Å². The monoisotopic (exact) mass is 314 g/mol. The number of ether oxygens (including phenoxy) is 1. The number of carbonyl (C=O) groups excluding carboxylic acids is 1. The lowest BCUT2D eigenvalue weighted by Gasteiger charge is -2.27. The average Bonchev–Trinajstić information content (AvgIpc) is 2.56. The summed E-state index contributed by atoms with van der Waals surface area (Å²) in [6.45, 7) is 4.65. The molecule has 0 aliphatic heterocycles. The van der Waals surface area contributed by atoms with E-state index in [1.807, 2.05) is 30.3 Å². The molecule has 0 fully saturated rings. The highest BCUT2D eigenvalue weighted by atomic mass is 16.5. The summed E-state index contributed by atoms with van der Waals surface area (Å²) in [5, 5.41) is 0. The van der Waals surface area contributed by atoms with Gasteiger partial charge in [0, 0.05) is 0 Å². The van der Waals surface area contributed by atoms with E-state index in [1.165, 1.54) is 37.7 Å². The number of hydrogen-bond donors (Lipinski definition) is 0. The van der Waals surface area contributed by atoms with Crippen molar-refractivity contribution in [2.24, 2.45) is 11.8 Å². The molecule has 0 radical (unpaired) electrons. The fourth-order valence-corrected chi connectivity index (χ4v) is 3.38. The predicted molar refractivity (Wildman–Crippen MR) is 95.4 cm³/mol. The zero-order valence-electron chi connectivity index (χ0n) is 14.6. The average molecular weight is 314 g/mol. The van der Waals surface area contributed by atoms with Crippen molar-refractivity contribution >= 4 is 5.97 Å². The first-order valence-electron chi connectivity index (χ1n) is 9.12. The third-order valence-electron chi connectivity index (χ3n) is 4.96. The van der Waals surface area contributed by atoms with Gasteiger partial charge in [-0.1, -0.05) is 69.4 Å². The van der Waals surface area contributed by atoms with Gasteiger partial charge in [0.2, 0.25) is 0 Å². The number of esters is 1. The highest BCUT2D eigenvalue weighted by Gasteiger charge is 2.21. The number of allylic oxidation sites excluding steroid dienone is 1. The maximum Gasteiger partial charge on any atom is 0.315 e. The van der Waals surface area contributed by atoms with Gasteiger partial charge in [0.05, 0.1) is 6.42 Å². The van der Waals surface area contributed by atoms with Crippen LogP contribution in [0.1, 0.15) is 65.2 Å². The van der Waals surface area contributed by atoms with Gasteiger partial charge >= 0.3 is 5.97 Å². The molecule has 1 aliphatic carbocycles. The Kier molecular flexibility index (Phi) is 7.38. The fraction of sp³-hybridized carbons (Fsp3) is 0.571. The van der Waals surface area contributed by atoms with Gasteiger partial charge in [0.15, 0.2) is 0 Å². The number of unbranched alkanes of at least 4 members (excludes halogenated alkanes) is 2. The second-order valence-electron chi connectivity index (χ2n) is 6.83. The van der Waals surface area contributed by atoms with Crippen LogP contribution in [0.3, 0.4) is 0 Å². The third kappa shape index (κ3) is 6.21. The van der Waals surface area contributed by atoms with E-state index >= 15 is 0 Å². The maximum atomic E-state index is 12.0. The predicted octanol–water partition coefficient (Wildman–Crippen LogP) is 5.93. The highest BCUT2D eigenvalue weighted by Crippen LogP contribution is 2.33. The largest absolute Gasteiger partial charge is 0.426 e. The van der Waals surface area contributed by atoms with Gasteiger partial charge in [-0.25, -0.2) is 0 Å². The molecule has 126 valence electrons. The van der Waals surface area contributed by atoms with E-state index in [2.05, 4.69) is 19.9 Å². The fourth-order valence-electron chi connectivity index (χ4n) is 3.38. The van der Waals surface area contributed by atoms with Gasteiger partial charge in [-0.3, -0.25) is 4.79 Å². The number of hydrogen-bond acceptors (Lipinski definition) is 2. The Balaban J connectivity index is 1.74. The van der Waals surface area contributed by atoms with Crippen LogP contribution in [0.4, 0.5) is 0 Å². The van der Waals surface area contributed by atoms with Gasteiger partial charge in [-0.2, -0.15) is 0 Å². The van der Waals surface area contributed by atoms with Crippen molar-refractivity contribution < 1.29 is 9.53 Å². The Hall–Kier alpha value is -1.57. The molecular formula is C21H30O2. The number of rotatable bonds is 8. The molecule has 0 saturated heterocycles. The second kappa shape index (κ2) is 9.54. The first kappa shape index (κ1) is 17.8. The topological polar surface area (TPSA) is 26.3 Å². The number of carbonyl (C=O) groups is 1. The lowest BCUT2D eigenvalue weighted by Crippen LogP contribution is -2.17. The van der Waals surface area contributed by atoms with Crippen molar-refractivity contribution in [1.82, 2.24) is 0 Å². The first-order chi connectivity index (χ1) is 11.2. The van der Waals surface area contributed by atoms with Crippen LogP contribution in [-0.2, 0) is 4.79 Å². The van der Waals surface area contributed by atoms with Gasteiger partial charge in [-0.05, 0) is 43.2 Å². The molecule has 0 spiro atoms. The molecule has 2 nitrogen and oxygen atoms in total. The summed E-state index contributed by atoms with van der Waals surface area (Å²) in [4.78, 5) is 12.0. The molecular weight excluding hydrogens is 284 g/mol. The molecule has 0 N–H and O–H groups in total. The van der Waals surface area contributed by atoms with E-state index in [4.69, 9.17) is 4.74 Å². The lowest BCUT2D eigenvalue weighted by molar-refractivity contribution is -0.133. The van der Waals surface area contributed by atoms with E-state index in [-0.39, 0.29) is 5.97 Å². The van der Waals surface area contributed by atoms with Crippen molar-refractivity contribution in [3.05, 3.63) is 42.0 Å². The zero-order valence-corrected chi connectivity index (χ0v) is 14.6. The Labute approximate surface area is 140 Å². The highest BCUT2D eigenvalue weighted by molar-refractivity contribution is 5.75. The van der Waals surface area contributed by atoms with E-state index < -0.39 is 0 Å². The molecule has 1 aromatic rings. The van der Waals surface area contributed by atoms with Crippen molar-refractivity contribution in [2.75, 3.05) is 0 Å². The molecule has 2 heteroatoms. The zero-order chi connectivity index (χ0) is 16.5. The van der Waals surface area contributed by atoms with Crippen LogP contribution in [0.2, 0.25) is 0 Å². The van der Waals surface area contributed by atoms with Crippen LogP contribution in [-0.4, -0.2) is 5.97 Å². The summed E-state index contributed by atoms with van der Waals surface area (Å²) < 4.78 is 5.38. The summed E-state index contributed by atoms with van der Waals surface area (Å²) in [6.07, 6.45) is 11.5. The summed E-state index contributed by atoms with van der Waals surface area (Å²) >= 11 is 0. The van der Waals surface area contributed by atoms with Gasteiger partial charge < -0.3 is 4.74 Å². The van der Waals surface area contributed by atoms with Crippen LogP contribution in [0.25, 0.3) is 0 Å². The standard InChI is InChI=1S/C21H30O2/c1-3-4-6-9-17(2)19-14-12-18(13-15-19)16-21(22)23-20-10-7-5-8-11-20/h5,7-8,10-12,17,19H,3-4,6,9,13-16H2,1-2H3. The van der Waals surface area contributed by atoms with Crippen LogP contribution >= 0.6 is 0 Å². The molecule has 0 heterocycles. The van der Waals surface area contributed by atoms with E-state index in [0.717, 1.165) is 24.7 Å². The lowest BCUT2D eigenvalue weighted by atomic mass is 9.79. The molecule has 1 aromatic carbocycles. The summed E-state index contributed by atoms with van der Waals surface area (Å²) in [5.74, 6) is 2.09. The SMILES string of the molecule is CCCCCC(C)C1CC=C(CC(=O)Oc2ccccc2)CC1. The van der Waals surface area contributed by atoms with Gasteiger partial charge in [-0.15, -0.1) is 0 Å². The second-order valence-corrected chi connectivity index (χ2v) is 6.83. The molecule has 0 bridgehead atoms. The van der Waals surface area contributed by atoms with Crippen LogP contribution in [0, 0.1) is 11.8 Å². The van der Waals surface area contributed by atoms with Crippen molar-refractivity contribution in [2.45, 2.75) is 65.2 Å². The van der Waals surface area contributed by atoms with Crippen molar-refractivity contribution in [3.63, 3.8) is 0 Å². The minimum Gasteiger partial charge on any atom is -0.426 e. The summed E-state index contributed by atoms with van der Waals surface area (Å²) in [5.41, 5.74) is 1.25. The Bertz CT molecular complexity index is 504. The third-order valence-corrected chi connectivity index (χ3v) is 4.96. The maximum absolute atomic E-state index is 12.0. The Morgan fingerprint density at radius 2 is 2.04 bits per heavy atom. The number of benzene rings is 1. The molecule has 2 unspecified atom stereocenters. The number of para-hydroxylation sites is 1. The molecule has 0 amide bonds. The van der Waals surface area contributed by atoms with E-state index in [1.54, 1.807) is 0 Å². The molecule has 0 saturated carbocycles. The van der Waals surface area contributed by atoms with Gasteiger partial charge in [0.1, 0.15) is 5.75 Å². The molecule has 0 aromatic heterocycles. The quantitative estimate of drug-likeness (QED) is 0.257. The van der Waals surface area contributed by atoms with Gasteiger partial charge in [0.25, 0.3) is 0 Å². The minimum absolute atomic E-state index is 0.142. The van der Waals surface area contributed by atoms with Crippen LogP contribution < -0.4 is 4.74 Å². The molecule has 2 rings (SSSR count). The summed E-state index contributed by atoms with van der Waals surface area (Å²) in [6, 6.07) is 9.32. The Morgan fingerprint density at radius 3 is 2.70 bits per heavy atom. The van der Waals surface area contributed by atoms with E-state index in [9.17, 15) is 4.79 Å². The normalized spacial score (nSPS) is 19.0.